The number of rotatable bonds is 7. The SMILES string of the molecule is CC(C)(C)[Si](C)(C)OCCOc1cccc(C2=NC(c3ccccc3)CO2)c1. The summed E-state index contributed by atoms with van der Waals surface area (Å²) >= 11 is 0. The Morgan fingerprint density at radius 2 is 1.79 bits per heavy atom. The molecule has 0 aromatic heterocycles. The summed E-state index contributed by atoms with van der Waals surface area (Å²) in [6.07, 6.45) is 0. The van der Waals surface area contributed by atoms with Crippen molar-refractivity contribution >= 4 is 14.2 Å². The minimum absolute atomic E-state index is 0.0544. The van der Waals surface area contributed by atoms with Crippen LogP contribution >= 0.6 is 0 Å². The molecule has 0 saturated carbocycles. The number of ether oxygens (including phenoxy) is 2. The molecule has 1 heterocycles. The second kappa shape index (κ2) is 8.49. The lowest BCUT2D eigenvalue weighted by atomic mass is 10.1. The van der Waals surface area contributed by atoms with Crippen molar-refractivity contribution in [2.75, 3.05) is 19.8 Å². The van der Waals surface area contributed by atoms with Crippen LogP contribution in [-0.2, 0) is 9.16 Å². The van der Waals surface area contributed by atoms with E-state index in [9.17, 15) is 0 Å². The van der Waals surface area contributed by atoms with Crippen molar-refractivity contribution in [1.82, 2.24) is 0 Å². The quantitative estimate of drug-likeness (QED) is 0.451. The molecule has 0 spiro atoms. The Bertz CT molecular complexity index is 812. The minimum atomic E-state index is -1.73. The molecule has 0 saturated heterocycles. The average Bonchev–Trinajstić information content (AvgIpc) is 3.16. The standard InChI is InChI=1S/C23H31NO3Si/c1-23(2,3)28(4,5)27-15-14-25-20-13-9-12-19(16-20)22-24-21(17-26-22)18-10-7-6-8-11-18/h6-13,16,21H,14-15,17H2,1-5H3. The Morgan fingerprint density at radius 1 is 1.04 bits per heavy atom. The lowest BCUT2D eigenvalue weighted by Gasteiger charge is -2.36. The molecule has 5 heteroatoms. The molecule has 150 valence electrons. The maximum atomic E-state index is 6.17. The van der Waals surface area contributed by atoms with E-state index in [4.69, 9.17) is 18.9 Å². The number of aliphatic imine (C=N–C) groups is 1. The Morgan fingerprint density at radius 3 is 2.50 bits per heavy atom. The molecule has 2 aromatic carbocycles. The van der Waals surface area contributed by atoms with Gasteiger partial charge in [0.1, 0.15) is 25.0 Å². The molecule has 1 aliphatic rings. The highest BCUT2D eigenvalue weighted by Gasteiger charge is 2.36. The Labute approximate surface area is 169 Å². The molecule has 0 aliphatic carbocycles. The van der Waals surface area contributed by atoms with Gasteiger partial charge in [0, 0.05) is 5.56 Å². The van der Waals surface area contributed by atoms with Gasteiger partial charge in [-0.3, -0.25) is 0 Å². The van der Waals surface area contributed by atoms with Crippen molar-refractivity contribution in [3.8, 4) is 5.75 Å². The summed E-state index contributed by atoms with van der Waals surface area (Å²) in [4.78, 5) is 4.75. The maximum absolute atomic E-state index is 6.17. The van der Waals surface area contributed by atoms with E-state index in [-0.39, 0.29) is 11.1 Å². The van der Waals surface area contributed by atoms with Gasteiger partial charge in [-0.1, -0.05) is 57.2 Å². The summed E-state index contributed by atoms with van der Waals surface area (Å²) in [5.41, 5.74) is 2.12. The first-order chi connectivity index (χ1) is 13.3. The first kappa shape index (κ1) is 20.6. The molecule has 2 aromatic rings. The van der Waals surface area contributed by atoms with Crippen LogP contribution in [0.2, 0.25) is 18.1 Å². The minimum Gasteiger partial charge on any atom is -0.491 e. The van der Waals surface area contributed by atoms with E-state index >= 15 is 0 Å². The van der Waals surface area contributed by atoms with Crippen molar-refractivity contribution < 1.29 is 13.9 Å². The Hall–Kier alpha value is -2.11. The van der Waals surface area contributed by atoms with E-state index in [0.717, 1.165) is 11.3 Å². The van der Waals surface area contributed by atoms with E-state index in [1.807, 2.05) is 42.5 Å². The molecule has 28 heavy (non-hydrogen) atoms. The summed E-state index contributed by atoms with van der Waals surface area (Å²) in [6, 6.07) is 18.2. The summed E-state index contributed by atoms with van der Waals surface area (Å²) in [5, 5.41) is 0.208. The maximum Gasteiger partial charge on any atom is 0.217 e. The highest BCUT2D eigenvalue weighted by molar-refractivity contribution is 6.74. The van der Waals surface area contributed by atoms with Crippen LogP contribution in [0.25, 0.3) is 0 Å². The van der Waals surface area contributed by atoms with E-state index in [2.05, 4.69) is 46.0 Å². The molecular weight excluding hydrogens is 366 g/mol. The third-order valence-electron chi connectivity index (χ3n) is 5.54. The normalized spacial score (nSPS) is 17.2. The summed E-state index contributed by atoms with van der Waals surface area (Å²) in [5.74, 6) is 1.49. The fraction of sp³-hybridized carbons (Fsp3) is 0.435. The molecule has 0 N–H and O–H groups in total. The van der Waals surface area contributed by atoms with Crippen molar-refractivity contribution in [1.29, 1.82) is 0 Å². The van der Waals surface area contributed by atoms with Gasteiger partial charge in [-0.15, -0.1) is 0 Å². The molecule has 0 radical (unpaired) electrons. The van der Waals surface area contributed by atoms with E-state index < -0.39 is 8.32 Å². The molecule has 0 amide bonds. The van der Waals surface area contributed by atoms with Gasteiger partial charge in [-0.25, -0.2) is 4.99 Å². The van der Waals surface area contributed by atoms with Crippen molar-refractivity contribution in [3.63, 3.8) is 0 Å². The third-order valence-corrected chi connectivity index (χ3v) is 10.1. The van der Waals surface area contributed by atoms with Gasteiger partial charge in [-0.2, -0.15) is 0 Å². The number of benzene rings is 2. The van der Waals surface area contributed by atoms with Crippen LogP contribution in [-0.4, -0.2) is 34.0 Å². The van der Waals surface area contributed by atoms with Gasteiger partial charge < -0.3 is 13.9 Å². The molecule has 1 unspecified atom stereocenters. The Balaban J connectivity index is 1.58. The van der Waals surface area contributed by atoms with Gasteiger partial charge >= 0.3 is 0 Å². The molecular formula is C23H31NO3Si. The van der Waals surface area contributed by atoms with Gasteiger partial charge in [0.25, 0.3) is 0 Å². The smallest absolute Gasteiger partial charge is 0.217 e. The van der Waals surface area contributed by atoms with E-state index in [1.54, 1.807) is 0 Å². The molecule has 4 nitrogen and oxygen atoms in total. The predicted octanol–water partition coefficient (Wildman–Crippen LogP) is 5.61. The second-order valence-corrected chi connectivity index (χ2v) is 13.5. The fourth-order valence-corrected chi connectivity index (χ4v) is 3.80. The van der Waals surface area contributed by atoms with Crippen LogP contribution in [0.4, 0.5) is 0 Å². The van der Waals surface area contributed by atoms with E-state index in [0.29, 0.717) is 25.7 Å². The van der Waals surface area contributed by atoms with Gasteiger partial charge in [-0.05, 0) is 41.9 Å². The van der Waals surface area contributed by atoms with Crippen LogP contribution < -0.4 is 4.74 Å². The molecule has 1 atom stereocenters. The molecule has 3 rings (SSSR count). The number of hydrogen-bond donors (Lipinski definition) is 0. The van der Waals surface area contributed by atoms with Crippen LogP contribution in [0.5, 0.6) is 5.75 Å². The molecule has 0 bridgehead atoms. The third kappa shape index (κ3) is 5.03. The average molecular weight is 398 g/mol. The first-order valence-electron chi connectivity index (χ1n) is 9.89. The zero-order valence-electron chi connectivity index (χ0n) is 17.6. The van der Waals surface area contributed by atoms with Gasteiger partial charge in [0.05, 0.1) is 6.61 Å². The fourth-order valence-electron chi connectivity index (χ4n) is 2.77. The highest BCUT2D eigenvalue weighted by atomic mass is 28.4. The largest absolute Gasteiger partial charge is 0.491 e. The van der Waals surface area contributed by atoms with E-state index in [1.165, 1.54) is 5.56 Å². The monoisotopic (exact) mass is 397 g/mol. The van der Waals surface area contributed by atoms with Crippen molar-refractivity contribution in [2.45, 2.75) is 44.9 Å². The molecule has 1 aliphatic heterocycles. The van der Waals surface area contributed by atoms with Crippen LogP contribution in [0.3, 0.4) is 0 Å². The Kier molecular flexibility index (Phi) is 6.25. The zero-order chi connectivity index (χ0) is 20.2. The van der Waals surface area contributed by atoms with Gasteiger partial charge in [0.15, 0.2) is 8.32 Å². The van der Waals surface area contributed by atoms with Gasteiger partial charge in [0.2, 0.25) is 5.90 Å². The van der Waals surface area contributed by atoms with Crippen molar-refractivity contribution in [2.24, 2.45) is 4.99 Å². The second-order valence-electron chi connectivity index (χ2n) is 8.66. The van der Waals surface area contributed by atoms with Crippen LogP contribution in [0, 0.1) is 0 Å². The van der Waals surface area contributed by atoms with Crippen molar-refractivity contribution in [3.05, 3.63) is 65.7 Å². The lowest BCUT2D eigenvalue weighted by Crippen LogP contribution is -2.41. The predicted molar refractivity (Wildman–Crippen MR) is 117 cm³/mol. The van der Waals surface area contributed by atoms with Crippen LogP contribution in [0.1, 0.15) is 37.9 Å². The topological polar surface area (TPSA) is 40.0 Å². The molecule has 0 fully saturated rings. The van der Waals surface area contributed by atoms with Crippen LogP contribution in [0.15, 0.2) is 59.6 Å². The lowest BCUT2D eigenvalue weighted by molar-refractivity contribution is 0.203. The zero-order valence-corrected chi connectivity index (χ0v) is 18.6. The number of hydrogen-bond acceptors (Lipinski definition) is 4. The summed E-state index contributed by atoms with van der Waals surface area (Å²) in [6.45, 7) is 13.0. The summed E-state index contributed by atoms with van der Waals surface area (Å²) < 4.78 is 17.9. The highest BCUT2D eigenvalue weighted by Crippen LogP contribution is 2.36. The first-order valence-corrected chi connectivity index (χ1v) is 12.8. The number of nitrogens with zero attached hydrogens (tertiary/aromatic N) is 1. The summed E-state index contributed by atoms with van der Waals surface area (Å²) in [7, 11) is -1.73.